The van der Waals surface area contributed by atoms with E-state index in [2.05, 4.69) is 0 Å². The smallest absolute Gasteiger partial charge is 0.295 e. The van der Waals surface area contributed by atoms with Gasteiger partial charge < -0.3 is 29.1 Å². The third kappa shape index (κ3) is 6.14. The second-order valence-corrected chi connectivity index (χ2v) is 11.0. The van der Waals surface area contributed by atoms with Crippen molar-refractivity contribution in [3.8, 4) is 17.2 Å². The van der Waals surface area contributed by atoms with E-state index in [9.17, 15) is 14.7 Å². The summed E-state index contributed by atoms with van der Waals surface area (Å²) in [6, 6.07) is 19.9. The van der Waals surface area contributed by atoms with Gasteiger partial charge in [-0.2, -0.15) is 0 Å². The average molecular weight is 571 g/mol. The first kappa shape index (κ1) is 29.2. The minimum atomic E-state index is -0.780. The van der Waals surface area contributed by atoms with Crippen LogP contribution in [0.3, 0.4) is 0 Å². The maximum atomic E-state index is 13.5. The molecule has 2 heterocycles. The topological polar surface area (TPSA) is 88.5 Å². The van der Waals surface area contributed by atoms with Crippen molar-refractivity contribution in [2.45, 2.75) is 45.4 Å². The van der Waals surface area contributed by atoms with Crippen molar-refractivity contribution >= 4 is 17.4 Å². The number of ether oxygens (including phenoxy) is 3. The number of rotatable bonds is 11. The minimum Gasteiger partial charge on any atom is -0.507 e. The van der Waals surface area contributed by atoms with Crippen LogP contribution in [0.25, 0.3) is 5.76 Å². The molecule has 2 aliphatic rings. The van der Waals surface area contributed by atoms with Crippen molar-refractivity contribution in [2.75, 3.05) is 33.8 Å². The molecule has 2 aliphatic heterocycles. The number of nitrogens with zero attached hydrogens (tertiary/aromatic N) is 2. The summed E-state index contributed by atoms with van der Waals surface area (Å²) < 4.78 is 17.9. The van der Waals surface area contributed by atoms with Gasteiger partial charge in [-0.1, -0.05) is 36.4 Å². The number of fused-ring (bicyclic) bond motifs is 1. The Balaban J connectivity index is 1.54. The number of aliphatic hydroxyl groups is 1. The molecule has 0 spiro atoms. The maximum absolute atomic E-state index is 13.5. The molecule has 1 fully saturated rings. The minimum absolute atomic E-state index is 0.0410. The van der Waals surface area contributed by atoms with Crippen LogP contribution in [0.15, 0.2) is 72.3 Å². The van der Waals surface area contributed by atoms with Crippen LogP contribution in [0.4, 0.5) is 0 Å². The van der Waals surface area contributed by atoms with E-state index in [-0.39, 0.29) is 17.4 Å². The van der Waals surface area contributed by atoms with Gasteiger partial charge in [0.25, 0.3) is 11.7 Å². The lowest BCUT2D eigenvalue weighted by atomic mass is 9.94. The number of ketones is 1. The highest BCUT2D eigenvalue weighted by Gasteiger charge is 2.46. The van der Waals surface area contributed by atoms with Crippen LogP contribution in [0.2, 0.25) is 0 Å². The quantitative estimate of drug-likeness (QED) is 0.189. The van der Waals surface area contributed by atoms with Gasteiger partial charge in [-0.15, -0.1) is 0 Å². The maximum Gasteiger partial charge on any atom is 0.295 e. The number of amides is 1. The van der Waals surface area contributed by atoms with Crippen LogP contribution < -0.4 is 14.2 Å². The molecule has 42 heavy (non-hydrogen) atoms. The Bertz CT molecular complexity index is 1480. The van der Waals surface area contributed by atoms with E-state index in [1.807, 2.05) is 87.4 Å². The van der Waals surface area contributed by atoms with Crippen molar-refractivity contribution in [3.63, 3.8) is 0 Å². The molecule has 0 radical (unpaired) electrons. The van der Waals surface area contributed by atoms with Crippen molar-refractivity contribution in [1.82, 2.24) is 9.80 Å². The largest absolute Gasteiger partial charge is 0.507 e. The predicted molar refractivity (Wildman–Crippen MR) is 161 cm³/mol. The molecule has 220 valence electrons. The second-order valence-electron chi connectivity index (χ2n) is 11.0. The Morgan fingerprint density at radius 3 is 2.55 bits per heavy atom. The summed E-state index contributed by atoms with van der Waals surface area (Å²) in [7, 11) is 3.93. The van der Waals surface area contributed by atoms with Crippen molar-refractivity contribution in [1.29, 1.82) is 0 Å². The summed E-state index contributed by atoms with van der Waals surface area (Å²) in [4.78, 5) is 30.5. The highest BCUT2D eigenvalue weighted by atomic mass is 16.5. The zero-order chi connectivity index (χ0) is 29.8. The highest BCUT2D eigenvalue weighted by Crippen LogP contribution is 2.43. The van der Waals surface area contributed by atoms with Gasteiger partial charge in [0.1, 0.15) is 24.2 Å². The number of Topliss-reactive ketones (excluding diaryl/α,β-unsaturated/α-hetero) is 1. The van der Waals surface area contributed by atoms with Crippen LogP contribution in [0.1, 0.15) is 48.6 Å². The van der Waals surface area contributed by atoms with Crippen molar-refractivity contribution < 1.29 is 28.9 Å². The first-order chi connectivity index (χ1) is 20.3. The van der Waals surface area contributed by atoms with Crippen molar-refractivity contribution in [2.24, 2.45) is 0 Å². The van der Waals surface area contributed by atoms with Gasteiger partial charge in [0.2, 0.25) is 0 Å². The molecule has 8 heteroatoms. The molecule has 5 rings (SSSR count). The summed E-state index contributed by atoms with van der Waals surface area (Å²) in [5.74, 6) is 0.316. The molecular weight excluding hydrogens is 532 g/mol. The molecule has 0 aromatic heterocycles. The molecule has 3 aromatic rings. The Morgan fingerprint density at radius 1 is 1.02 bits per heavy atom. The lowest BCUT2D eigenvalue weighted by Gasteiger charge is -2.26. The molecular formula is C34H38N2O6. The third-order valence-corrected chi connectivity index (χ3v) is 7.53. The molecule has 8 nitrogen and oxygen atoms in total. The molecule has 1 saturated heterocycles. The zero-order valence-corrected chi connectivity index (χ0v) is 24.6. The van der Waals surface area contributed by atoms with Gasteiger partial charge in [0.05, 0.1) is 18.2 Å². The van der Waals surface area contributed by atoms with E-state index >= 15 is 0 Å². The number of aliphatic hydroxyl groups excluding tert-OH is 1. The summed E-state index contributed by atoms with van der Waals surface area (Å²) in [6.07, 6.45) is 1.42. The zero-order valence-electron chi connectivity index (χ0n) is 24.6. The summed E-state index contributed by atoms with van der Waals surface area (Å²) >= 11 is 0. The Hall–Kier alpha value is -4.30. The van der Waals surface area contributed by atoms with Crippen LogP contribution in [-0.4, -0.2) is 66.5 Å². The normalized spacial score (nSPS) is 19.2. The molecule has 1 N–H and O–H groups in total. The first-order valence-corrected chi connectivity index (χ1v) is 14.4. The fourth-order valence-electron chi connectivity index (χ4n) is 5.56. The van der Waals surface area contributed by atoms with Crippen molar-refractivity contribution in [3.05, 3.63) is 94.6 Å². The van der Waals surface area contributed by atoms with Crippen LogP contribution >= 0.6 is 0 Å². The fraction of sp³-hybridized carbons (Fsp3) is 0.353. The van der Waals surface area contributed by atoms with Gasteiger partial charge in [-0.3, -0.25) is 9.59 Å². The lowest BCUT2D eigenvalue weighted by molar-refractivity contribution is -0.139. The Kier molecular flexibility index (Phi) is 8.83. The molecule has 2 atom stereocenters. The van der Waals surface area contributed by atoms with E-state index in [0.29, 0.717) is 55.2 Å². The lowest BCUT2D eigenvalue weighted by Crippen LogP contribution is -2.32. The fourth-order valence-corrected chi connectivity index (χ4v) is 5.56. The van der Waals surface area contributed by atoms with E-state index in [1.165, 1.54) is 0 Å². The number of hydrogen-bond donors (Lipinski definition) is 1. The molecule has 0 bridgehead atoms. The highest BCUT2D eigenvalue weighted by molar-refractivity contribution is 6.46. The van der Waals surface area contributed by atoms with Crippen LogP contribution in [-0.2, 0) is 22.6 Å². The standard InChI is InChI=1S/C34H38N2O6/c1-5-40-29-20-24(12-15-28(29)41-21-23-10-7-6-8-11-23)31-30(33(38)34(39)36(31)17-9-16-35(3)4)32(37)25-13-14-27-26(19-25)18-22(2)42-27/h6-8,10-15,19-20,22,31,37H,5,9,16-18,21H2,1-4H3/t22-,31+/m0/s1. The summed E-state index contributed by atoms with van der Waals surface area (Å²) in [5.41, 5.74) is 3.19. The van der Waals surface area contributed by atoms with Gasteiger partial charge in [-0.05, 0) is 87.9 Å². The van der Waals surface area contributed by atoms with E-state index in [0.717, 1.165) is 23.4 Å². The SMILES string of the molecule is CCOc1cc([C@@H]2C(=C(O)c3ccc4c(c3)C[C@H](C)O4)C(=O)C(=O)N2CCCN(C)C)ccc1OCc1ccccc1. The Morgan fingerprint density at radius 2 is 1.81 bits per heavy atom. The molecule has 0 unspecified atom stereocenters. The molecule has 0 saturated carbocycles. The van der Waals surface area contributed by atoms with E-state index < -0.39 is 17.7 Å². The van der Waals surface area contributed by atoms with Gasteiger partial charge in [0, 0.05) is 18.5 Å². The van der Waals surface area contributed by atoms with Crippen LogP contribution in [0, 0.1) is 0 Å². The number of carbonyl (C=O) groups is 2. The number of hydrogen-bond acceptors (Lipinski definition) is 7. The predicted octanol–water partition coefficient (Wildman–Crippen LogP) is 5.36. The monoisotopic (exact) mass is 570 g/mol. The number of benzene rings is 3. The number of carbonyl (C=O) groups excluding carboxylic acids is 2. The Labute approximate surface area is 247 Å². The average Bonchev–Trinajstić information content (AvgIpc) is 3.47. The molecule has 0 aliphatic carbocycles. The van der Waals surface area contributed by atoms with Gasteiger partial charge in [0.15, 0.2) is 11.5 Å². The summed E-state index contributed by atoms with van der Waals surface area (Å²) in [6.45, 7) is 5.75. The summed E-state index contributed by atoms with van der Waals surface area (Å²) in [5, 5.41) is 11.6. The molecule has 3 aromatic carbocycles. The van der Waals surface area contributed by atoms with E-state index in [1.54, 1.807) is 17.0 Å². The number of likely N-dealkylation sites (tertiary alicyclic amines) is 1. The van der Waals surface area contributed by atoms with Gasteiger partial charge in [-0.25, -0.2) is 0 Å². The van der Waals surface area contributed by atoms with Crippen LogP contribution in [0.5, 0.6) is 17.2 Å². The first-order valence-electron chi connectivity index (χ1n) is 14.4. The van der Waals surface area contributed by atoms with E-state index in [4.69, 9.17) is 14.2 Å². The van der Waals surface area contributed by atoms with Gasteiger partial charge >= 0.3 is 0 Å². The molecule has 1 amide bonds. The second kappa shape index (κ2) is 12.7. The third-order valence-electron chi connectivity index (χ3n) is 7.53.